The van der Waals surface area contributed by atoms with Gasteiger partial charge in [-0.15, -0.1) is 0 Å². The van der Waals surface area contributed by atoms with Gasteiger partial charge in [0.1, 0.15) is 0 Å². The molecule has 2 aromatic rings. The third-order valence-electron chi connectivity index (χ3n) is 3.01. The number of benzene rings is 2. The molecule has 0 spiro atoms. The normalized spacial score (nSPS) is 8.84. The molecule has 0 heterocycles. The largest absolute Gasteiger partial charge is 0.478 e. The second-order valence-corrected chi connectivity index (χ2v) is 5.59. The predicted molar refractivity (Wildman–Crippen MR) is 103 cm³/mol. The number of aryl methyl sites for hydroxylation is 2. The average Bonchev–Trinajstić information content (AvgIpc) is 2.46. The van der Waals surface area contributed by atoms with Crippen LogP contribution in [-0.4, -0.2) is 32.6 Å². The van der Waals surface area contributed by atoms with E-state index in [1.54, 1.807) is 37.3 Å². The van der Waals surface area contributed by atoms with E-state index in [1.807, 2.05) is 6.92 Å². The summed E-state index contributed by atoms with van der Waals surface area (Å²) in [6.07, 6.45) is 0. The molecule has 2 rings (SSSR count). The number of carboxylic acid groups (broad SMARTS) is 1. The van der Waals surface area contributed by atoms with Crippen LogP contribution in [0.2, 0.25) is 10.0 Å². The molecule has 0 aliphatic carbocycles. The summed E-state index contributed by atoms with van der Waals surface area (Å²) in [5.74, 6) is -1.25. The van der Waals surface area contributed by atoms with E-state index in [4.69, 9.17) is 28.3 Å². The minimum atomic E-state index is -0.917. The van der Waals surface area contributed by atoms with Crippen LogP contribution >= 0.6 is 23.2 Å². The zero-order valence-electron chi connectivity index (χ0n) is 13.5. The first kappa shape index (κ1) is 25.3. The summed E-state index contributed by atoms with van der Waals surface area (Å²) in [6.45, 7) is 3.54. The maximum Gasteiger partial charge on any atom is 0.338 e. The highest BCUT2D eigenvalue weighted by Gasteiger charge is 2.08. The Balaban J connectivity index is 0. The molecule has 0 saturated heterocycles. The third-order valence-corrected chi connectivity index (χ3v) is 3.48. The number of hydrogen-bond acceptors (Lipinski definition) is 3. The highest BCUT2D eigenvalue weighted by Crippen LogP contribution is 2.16. The monoisotopic (exact) mass is 381 g/mol. The molecule has 0 unspecified atom stereocenters. The minimum absolute atomic E-state index is 0. The van der Waals surface area contributed by atoms with Gasteiger partial charge in [0.25, 0.3) is 0 Å². The van der Waals surface area contributed by atoms with Crippen molar-refractivity contribution in [2.45, 2.75) is 21.3 Å². The molecule has 133 valence electrons. The number of halogens is 2. The van der Waals surface area contributed by atoms with Crippen molar-refractivity contribution in [2.75, 3.05) is 7.11 Å². The van der Waals surface area contributed by atoms with Crippen molar-refractivity contribution < 1.29 is 19.4 Å². The van der Waals surface area contributed by atoms with Crippen LogP contribution in [0.25, 0.3) is 0 Å². The number of aromatic carboxylic acids is 1. The first-order chi connectivity index (χ1) is 10.8. The Morgan fingerprint density at radius 2 is 1.32 bits per heavy atom. The fourth-order valence-corrected chi connectivity index (χ4v) is 2.29. The maximum absolute atomic E-state index is 11.1. The SMILES string of the molecule is C.COC(=O)c1ccc(Cl)cc1C.Cc1cc(Cl)ccc1C(=O)O.[B]. The molecule has 3 radical (unpaired) electrons. The number of ether oxygens (including phenoxy) is 1. The molecule has 0 aliphatic heterocycles. The molecule has 25 heavy (non-hydrogen) atoms. The predicted octanol–water partition coefficient (Wildman–Crippen LogP) is 5.04. The minimum Gasteiger partial charge on any atom is -0.478 e. The zero-order valence-corrected chi connectivity index (χ0v) is 15.0. The van der Waals surface area contributed by atoms with E-state index >= 15 is 0 Å². The van der Waals surface area contributed by atoms with Gasteiger partial charge >= 0.3 is 11.9 Å². The zero-order chi connectivity index (χ0) is 17.6. The van der Waals surface area contributed by atoms with Gasteiger partial charge < -0.3 is 9.84 Å². The number of rotatable bonds is 2. The average molecular weight is 382 g/mol. The fraction of sp³-hybridized carbons (Fsp3) is 0.222. The van der Waals surface area contributed by atoms with Crippen molar-refractivity contribution in [3.63, 3.8) is 0 Å². The molecule has 7 heteroatoms. The molecule has 1 N–H and O–H groups in total. The molecular weight excluding hydrogens is 362 g/mol. The van der Waals surface area contributed by atoms with Crippen LogP contribution in [0.1, 0.15) is 39.3 Å². The Morgan fingerprint density at radius 1 is 0.920 bits per heavy atom. The molecule has 0 aromatic heterocycles. The van der Waals surface area contributed by atoms with E-state index in [0.29, 0.717) is 26.7 Å². The Kier molecular flexibility index (Phi) is 11.7. The topological polar surface area (TPSA) is 63.6 Å². The smallest absolute Gasteiger partial charge is 0.338 e. The van der Waals surface area contributed by atoms with Crippen molar-refractivity contribution in [1.82, 2.24) is 0 Å². The van der Waals surface area contributed by atoms with Gasteiger partial charge in [-0.1, -0.05) is 30.6 Å². The Hall–Kier alpha value is -1.98. The summed E-state index contributed by atoms with van der Waals surface area (Å²) in [7, 11) is 1.36. The molecule has 4 nitrogen and oxygen atoms in total. The van der Waals surface area contributed by atoms with Crippen LogP contribution in [0.5, 0.6) is 0 Å². The fourth-order valence-electron chi connectivity index (χ4n) is 1.83. The van der Waals surface area contributed by atoms with Crippen LogP contribution in [0.3, 0.4) is 0 Å². The van der Waals surface area contributed by atoms with Gasteiger partial charge in [0.15, 0.2) is 0 Å². The standard InChI is InChI=1S/C9H9ClO2.C8H7ClO2.CH4.B/c1-6-5-7(10)3-4-8(6)9(11)12-2;1-5-4-6(9)2-3-7(5)8(10)11;;/h3-5H,1-2H3;2-4H,1H3,(H,10,11);1H4;. The number of carbonyl (C=O) groups is 2. The van der Waals surface area contributed by atoms with Gasteiger partial charge in [-0.25, -0.2) is 9.59 Å². The maximum atomic E-state index is 11.1. The van der Waals surface area contributed by atoms with Gasteiger partial charge in [0, 0.05) is 18.5 Å². The van der Waals surface area contributed by atoms with Gasteiger partial charge in [-0.3, -0.25) is 0 Å². The number of hydrogen-bond donors (Lipinski definition) is 1. The van der Waals surface area contributed by atoms with Crippen LogP contribution in [0.15, 0.2) is 36.4 Å². The molecule has 0 saturated carbocycles. The lowest BCUT2D eigenvalue weighted by atomic mass is 10.1. The quantitative estimate of drug-likeness (QED) is 0.584. The number of carboxylic acids is 1. The van der Waals surface area contributed by atoms with Crippen LogP contribution < -0.4 is 0 Å². The first-order valence-electron chi connectivity index (χ1n) is 6.60. The van der Waals surface area contributed by atoms with E-state index in [2.05, 4.69) is 4.74 Å². The van der Waals surface area contributed by atoms with Gasteiger partial charge in [-0.2, -0.15) is 0 Å². The Labute approximate surface area is 160 Å². The lowest BCUT2D eigenvalue weighted by Crippen LogP contribution is -2.03. The van der Waals surface area contributed by atoms with E-state index in [9.17, 15) is 9.59 Å². The second kappa shape index (κ2) is 11.6. The van der Waals surface area contributed by atoms with Gasteiger partial charge in [0.2, 0.25) is 0 Å². The number of carbonyl (C=O) groups excluding carboxylic acids is 1. The summed E-state index contributed by atoms with van der Waals surface area (Å²) < 4.78 is 4.57. The third kappa shape index (κ3) is 7.63. The Morgan fingerprint density at radius 3 is 1.64 bits per heavy atom. The second-order valence-electron chi connectivity index (χ2n) is 4.72. The first-order valence-corrected chi connectivity index (χ1v) is 7.35. The van der Waals surface area contributed by atoms with Crippen molar-refractivity contribution >= 4 is 43.6 Å². The van der Waals surface area contributed by atoms with Crippen molar-refractivity contribution in [3.8, 4) is 0 Å². The number of esters is 1. The highest BCUT2D eigenvalue weighted by atomic mass is 35.5. The van der Waals surface area contributed by atoms with Crippen molar-refractivity contribution in [2.24, 2.45) is 0 Å². The molecule has 0 bridgehead atoms. The summed E-state index contributed by atoms with van der Waals surface area (Å²) in [4.78, 5) is 21.6. The number of methoxy groups -OCH3 is 1. The molecular formula is C18H20BCl2O4. The van der Waals surface area contributed by atoms with E-state index in [1.165, 1.54) is 13.2 Å². The van der Waals surface area contributed by atoms with E-state index in [-0.39, 0.29) is 21.8 Å². The molecule has 2 aromatic carbocycles. The molecule has 0 aliphatic rings. The van der Waals surface area contributed by atoms with Gasteiger partial charge in [0.05, 0.1) is 18.2 Å². The van der Waals surface area contributed by atoms with E-state index < -0.39 is 5.97 Å². The summed E-state index contributed by atoms with van der Waals surface area (Å²) in [5, 5.41) is 9.80. The van der Waals surface area contributed by atoms with Crippen molar-refractivity contribution in [3.05, 3.63) is 68.7 Å². The molecule has 0 amide bonds. The van der Waals surface area contributed by atoms with Crippen LogP contribution in [0.4, 0.5) is 0 Å². The van der Waals surface area contributed by atoms with Gasteiger partial charge in [-0.05, 0) is 61.4 Å². The summed E-state index contributed by atoms with van der Waals surface area (Å²) in [5.41, 5.74) is 2.37. The van der Waals surface area contributed by atoms with E-state index in [0.717, 1.165) is 5.56 Å². The highest BCUT2D eigenvalue weighted by molar-refractivity contribution is 6.31. The van der Waals surface area contributed by atoms with Crippen LogP contribution in [0, 0.1) is 13.8 Å². The van der Waals surface area contributed by atoms with Crippen LogP contribution in [-0.2, 0) is 4.74 Å². The lowest BCUT2D eigenvalue weighted by Gasteiger charge is -2.02. The lowest BCUT2D eigenvalue weighted by molar-refractivity contribution is 0.0599. The Bertz CT molecular complexity index is 733. The summed E-state index contributed by atoms with van der Waals surface area (Å²) >= 11 is 11.3. The summed E-state index contributed by atoms with van der Waals surface area (Å²) in [6, 6.07) is 9.75. The molecule has 0 fully saturated rings. The van der Waals surface area contributed by atoms with Crippen molar-refractivity contribution in [1.29, 1.82) is 0 Å². The molecule has 0 atom stereocenters.